The summed E-state index contributed by atoms with van der Waals surface area (Å²) in [6.07, 6.45) is -4.34. The van der Waals surface area contributed by atoms with Gasteiger partial charge < -0.3 is 0 Å². The maximum Gasteiger partial charge on any atom is 0.416 e. The Morgan fingerprint density at radius 2 is 1.14 bits per heavy atom. The lowest BCUT2D eigenvalue weighted by Gasteiger charge is -2.09. The molecule has 5 rings (SSSR count). The number of halogens is 3. The minimum absolute atomic E-state index is 0.561. The molecular weight excluding hydrogens is 389 g/mol. The Kier molecular flexibility index (Phi) is 4.18. The Hall–Kier alpha value is -3.11. The quantitative estimate of drug-likeness (QED) is 0.277. The van der Waals surface area contributed by atoms with Gasteiger partial charge in [0, 0.05) is 20.2 Å². The van der Waals surface area contributed by atoms with E-state index < -0.39 is 11.7 Å². The van der Waals surface area contributed by atoms with Crippen LogP contribution >= 0.6 is 11.3 Å². The van der Waals surface area contributed by atoms with Crippen LogP contribution in [0.1, 0.15) is 5.56 Å². The average molecular weight is 404 g/mol. The first kappa shape index (κ1) is 18.0. The summed E-state index contributed by atoms with van der Waals surface area (Å²) >= 11 is 1.78. The van der Waals surface area contributed by atoms with Gasteiger partial charge in [0.15, 0.2) is 0 Å². The van der Waals surface area contributed by atoms with Gasteiger partial charge >= 0.3 is 6.18 Å². The second-order valence-corrected chi connectivity index (χ2v) is 8.05. The van der Waals surface area contributed by atoms with E-state index >= 15 is 0 Å². The van der Waals surface area contributed by atoms with Crippen molar-refractivity contribution in [2.24, 2.45) is 0 Å². The van der Waals surface area contributed by atoms with E-state index in [2.05, 4.69) is 30.3 Å². The first-order valence-electron chi connectivity index (χ1n) is 9.18. The van der Waals surface area contributed by atoms with Crippen LogP contribution in [-0.4, -0.2) is 0 Å². The van der Waals surface area contributed by atoms with Crippen LogP contribution in [0.3, 0.4) is 0 Å². The van der Waals surface area contributed by atoms with E-state index in [-0.39, 0.29) is 0 Å². The van der Waals surface area contributed by atoms with Crippen LogP contribution in [0, 0.1) is 0 Å². The Labute approximate surface area is 169 Å². The topological polar surface area (TPSA) is 0 Å². The molecule has 0 spiro atoms. The van der Waals surface area contributed by atoms with Crippen molar-refractivity contribution < 1.29 is 13.2 Å². The van der Waals surface area contributed by atoms with Gasteiger partial charge in [-0.05, 0) is 52.6 Å². The maximum atomic E-state index is 13.0. The predicted octanol–water partition coefficient (Wildman–Crippen LogP) is 8.41. The zero-order valence-electron chi connectivity index (χ0n) is 15.2. The molecular formula is C25H15F3S. The summed E-state index contributed by atoms with van der Waals surface area (Å²) in [6.45, 7) is 0. The maximum absolute atomic E-state index is 13.0. The molecule has 0 nitrogen and oxygen atoms in total. The monoisotopic (exact) mass is 404 g/mol. The van der Waals surface area contributed by atoms with Crippen LogP contribution in [-0.2, 0) is 6.18 Å². The fraction of sp³-hybridized carbons (Fsp3) is 0.0400. The SMILES string of the molecule is FC(F)(F)c1cccc(-c2ccc(-c3ccc4sc5ccccc5c4c3)cc2)c1. The molecule has 0 saturated carbocycles. The Balaban J connectivity index is 1.53. The van der Waals surface area contributed by atoms with E-state index in [9.17, 15) is 13.2 Å². The zero-order chi connectivity index (χ0) is 20.0. The van der Waals surface area contributed by atoms with E-state index in [0.29, 0.717) is 5.56 Å². The van der Waals surface area contributed by atoms with Crippen LogP contribution in [0.4, 0.5) is 13.2 Å². The number of fused-ring (bicyclic) bond motifs is 3. The molecule has 0 bridgehead atoms. The fourth-order valence-electron chi connectivity index (χ4n) is 3.64. The molecule has 1 heterocycles. The molecule has 0 aliphatic heterocycles. The number of benzene rings is 4. The third kappa shape index (κ3) is 3.30. The molecule has 0 radical (unpaired) electrons. The smallest absolute Gasteiger partial charge is 0.166 e. The Morgan fingerprint density at radius 1 is 0.517 bits per heavy atom. The molecule has 4 heteroatoms. The number of hydrogen-bond donors (Lipinski definition) is 0. The first-order chi connectivity index (χ1) is 14.0. The van der Waals surface area contributed by atoms with Gasteiger partial charge in [-0.3, -0.25) is 0 Å². The van der Waals surface area contributed by atoms with Crippen molar-refractivity contribution in [2.45, 2.75) is 6.18 Å². The summed E-state index contributed by atoms with van der Waals surface area (Å²) in [5.74, 6) is 0. The molecule has 0 N–H and O–H groups in total. The summed E-state index contributed by atoms with van der Waals surface area (Å²) in [7, 11) is 0. The molecule has 0 aliphatic rings. The van der Waals surface area contributed by atoms with E-state index in [1.165, 1.54) is 32.3 Å². The largest absolute Gasteiger partial charge is 0.416 e. The van der Waals surface area contributed by atoms with Crippen LogP contribution in [0.15, 0.2) is 91.0 Å². The van der Waals surface area contributed by atoms with Crippen molar-refractivity contribution in [1.82, 2.24) is 0 Å². The Morgan fingerprint density at radius 3 is 1.86 bits per heavy atom. The van der Waals surface area contributed by atoms with Crippen molar-refractivity contribution in [2.75, 3.05) is 0 Å². The second kappa shape index (κ2) is 6.75. The molecule has 0 saturated heterocycles. The highest BCUT2D eigenvalue weighted by Crippen LogP contribution is 2.37. The summed E-state index contributed by atoms with van der Waals surface area (Å²) in [5.41, 5.74) is 2.83. The standard InChI is InChI=1S/C25H15F3S/c26-25(27,28)20-5-3-4-18(14-20)16-8-10-17(11-9-16)19-12-13-24-22(15-19)21-6-1-2-7-23(21)29-24/h1-15H. The van der Waals surface area contributed by atoms with Crippen LogP contribution < -0.4 is 0 Å². The van der Waals surface area contributed by atoms with E-state index in [4.69, 9.17) is 0 Å². The molecule has 0 atom stereocenters. The van der Waals surface area contributed by atoms with Gasteiger partial charge in [-0.2, -0.15) is 13.2 Å². The highest BCUT2D eigenvalue weighted by molar-refractivity contribution is 7.25. The van der Waals surface area contributed by atoms with Crippen molar-refractivity contribution >= 4 is 31.5 Å². The zero-order valence-corrected chi connectivity index (χ0v) is 16.0. The molecule has 1 aromatic heterocycles. The number of thiophene rings is 1. The predicted molar refractivity (Wildman–Crippen MR) is 115 cm³/mol. The van der Waals surface area contributed by atoms with Crippen molar-refractivity contribution in [3.8, 4) is 22.3 Å². The van der Waals surface area contributed by atoms with Gasteiger partial charge in [0.2, 0.25) is 0 Å². The molecule has 0 unspecified atom stereocenters. The van der Waals surface area contributed by atoms with Gasteiger partial charge in [-0.1, -0.05) is 60.7 Å². The highest BCUT2D eigenvalue weighted by Gasteiger charge is 2.30. The lowest BCUT2D eigenvalue weighted by atomic mass is 9.98. The van der Waals surface area contributed by atoms with E-state index in [1.54, 1.807) is 17.4 Å². The first-order valence-corrected chi connectivity index (χ1v) is 10.00. The summed E-state index contributed by atoms with van der Waals surface area (Å²) < 4.78 is 41.5. The summed E-state index contributed by atoms with van der Waals surface area (Å²) in [4.78, 5) is 0. The van der Waals surface area contributed by atoms with Crippen LogP contribution in [0.5, 0.6) is 0 Å². The van der Waals surface area contributed by atoms with Gasteiger partial charge in [-0.25, -0.2) is 0 Å². The van der Waals surface area contributed by atoms with E-state index in [0.717, 1.165) is 22.8 Å². The lowest BCUT2D eigenvalue weighted by Crippen LogP contribution is -2.04. The van der Waals surface area contributed by atoms with Crippen molar-refractivity contribution in [3.05, 3.63) is 96.6 Å². The fourth-order valence-corrected chi connectivity index (χ4v) is 4.72. The molecule has 4 aromatic carbocycles. The minimum atomic E-state index is -4.34. The Bertz CT molecular complexity index is 1330. The van der Waals surface area contributed by atoms with Gasteiger partial charge in [0.25, 0.3) is 0 Å². The van der Waals surface area contributed by atoms with E-state index in [1.807, 2.05) is 36.4 Å². The van der Waals surface area contributed by atoms with Gasteiger partial charge in [0.1, 0.15) is 0 Å². The normalized spacial score (nSPS) is 12.0. The van der Waals surface area contributed by atoms with Crippen LogP contribution in [0.25, 0.3) is 42.4 Å². The summed E-state index contributed by atoms with van der Waals surface area (Å²) in [5, 5.41) is 2.47. The van der Waals surface area contributed by atoms with Crippen molar-refractivity contribution in [1.29, 1.82) is 0 Å². The van der Waals surface area contributed by atoms with Crippen LogP contribution in [0.2, 0.25) is 0 Å². The third-order valence-corrected chi connectivity index (χ3v) is 6.27. The van der Waals surface area contributed by atoms with Gasteiger partial charge in [0.05, 0.1) is 5.56 Å². The third-order valence-electron chi connectivity index (χ3n) is 5.12. The average Bonchev–Trinajstić information content (AvgIpc) is 3.11. The summed E-state index contributed by atoms with van der Waals surface area (Å²) in [6, 6.07) is 27.9. The molecule has 0 aliphatic carbocycles. The molecule has 0 amide bonds. The highest BCUT2D eigenvalue weighted by atomic mass is 32.1. The van der Waals surface area contributed by atoms with Gasteiger partial charge in [-0.15, -0.1) is 11.3 Å². The molecule has 5 aromatic rings. The number of rotatable bonds is 2. The lowest BCUT2D eigenvalue weighted by molar-refractivity contribution is -0.137. The second-order valence-electron chi connectivity index (χ2n) is 6.97. The molecule has 29 heavy (non-hydrogen) atoms. The molecule has 142 valence electrons. The molecule has 0 fully saturated rings. The minimum Gasteiger partial charge on any atom is -0.166 e. The number of alkyl halides is 3. The number of hydrogen-bond acceptors (Lipinski definition) is 1. The van der Waals surface area contributed by atoms with Crippen molar-refractivity contribution in [3.63, 3.8) is 0 Å².